The second kappa shape index (κ2) is 4.69. The molecule has 0 amide bonds. The molecule has 0 aromatic heterocycles. The van der Waals surface area contributed by atoms with Crippen LogP contribution in [0.15, 0.2) is 0 Å². The lowest BCUT2D eigenvalue weighted by Gasteiger charge is -2.23. The first-order chi connectivity index (χ1) is 4.62. The Morgan fingerprint density at radius 2 is 2.00 bits per heavy atom. The van der Waals surface area contributed by atoms with Gasteiger partial charge in [0.1, 0.15) is 0 Å². The Morgan fingerprint density at radius 3 is 2.40 bits per heavy atom. The third-order valence-corrected chi connectivity index (χ3v) is 1.75. The number of hydrogen-bond acceptors (Lipinski definition) is 2. The Balaban J connectivity index is 3.28. The summed E-state index contributed by atoms with van der Waals surface area (Å²) in [5.74, 6) is 0. The zero-order valence-electron chi connectivity index (χ0n) is 7.53. The van der Waals surface area contributed by atoms with E-state index in [1.807, 2.05) is 14.0 Å². The van der Waals surface area contributed by atoms with Gasteiger partial charge in [-0.05, 0) is 34.2 Å². The van der Waals surface area contributed by atoms with Gasteiger partial charge >= 0.3 is 0 Å². The molecular formula is C8H19NO. The van der Waals surface area contributed by atoms with E-state index in [9.17, 15) is 0 Å². The van der Waals surface area contributed by atoms with Crippen molar-refractivity contribution in [1.29, 1.82) is 0 Å². The quantitative estimate of drug-likeness (QED) is 0.591. The van der Waals surface area contributed by atoms with Gasteiger partial charge in [0.2, 0.25) is 0 Å². The van der Waals surface area contributed by atoms with Crippen LogP contribution in [0.2, 0.25) is 0 Å². The molecule has 0 atom stereocenters. The summed E-state index contributed by atoms with van der Waals surface area (Å²) >= 11 is 0. The van der Waals surface area contributed by atoms with Gasteiger partial charge in [-0.2, -0.15) is 0 Å². The van der Waals surface area contributed by atoms with Crippen molar-refractivity contribution in [2.24, 2.45) is 0 Å². The Labute approximate surface area is 64.0 Å². The van der Waals surface area contributed by atoms with Crippen LogP contribution in [-0.2, 0) is 4.74 Å². The first-order valence-electron chi connectivity index (χ1n) is 3.89. The van der Waals surface area contributed by atoms with Gasteiger partial charge < -0.3 is 10.1 Å². The molecule has 2 heteroatoms. The lowest BCUT2D eigenvalue weighted by molar-refractivity contribution is 0.126. The number of nitrogens with one attached hydrogen (secondary N) is 1. The highest BCUT2D eigenvalue weighted by Crippen LogP contribution is 2.06. The lowest BCUT2D eigenvalue weighted by atomic mass is 10.0. The highest BCUT2D eigenvalue weighted by molar-refractivity contribution is 4.74. The molecule has 0 heterocycles. The molecule has 0 aliphatic rings. The van der Waals surface area contributed by atoms with E-state index in [-0.39, 0.29) is 5.54 Å². The Kier molecular flexibility index (Phi) is 4.65. The summed E-state index contributed by atoms with van der Waals surface area (Å²) in [6.07, 6.45) is 1.07. The van der Waals surface area contributed by atoms with Crippen molar-refractivity contribution in [1.82, 2.24) is 5.32 Å². The van der Waals surface area contributed by atoms with Crippen LogP contribution in [0.3, 0.4) is 0 Å². The van der Waals surface area contributed by atoms with Crippen LogP contribution in [0, 0.1) is 0 Å². The van der Waals surface area contributed by atoms with Crippen LogP contribution in [0.1, 0.15) is 27.2 Å². The van der Waals surface area contributed by atoms with Crippen LogP contribution >= 0.6 is 0 Å². The van der Waals surface area contributed by atoms with E-state index in [4.69, 9.17) is 4.74 Å². The second-order valence-electron chi connectivity index (χ2n) is 3.08. The summed E-state index contributed by atoms with van der Waals surface area (Å²) < 4.78 is 5.23. The van der Waals surface area contributed by atoms with Gasteiger partial charge in [0.15, 0.2) is 0 Å². The molecule has 0 aromatic carbocycles. The van der Waals surface area contributed by atoms with Gasteiger partial charge in [0, 0.05) is 18.8 Å². The molecule has 2 nitrogen and oxygen atoms in total. The smallest absolute Gasteiger partial charge is 0.0483 e. The molecule has 0 saturated carbocycles. The zero-order valence-corrected chi connectivity index (χ0v) is 7.53. The standard InChI is InChI=1S/C8H19NO/c1-5-10-7-6-8(2,3)9-4/h9H,5-7H2,1-4H3. The van der Waals surface area contributed by atoms with Crippen molar-refractivity contribution in [3.8, 4) is 0 Å². The molecular weight excluding hydrogens is 126 g/mol. The van der Waals surface area contributed by atoms with E-state index in [2.05, 4.69) is 19.2 Å². The van der Waals surface area contributed by atoms with Crippen LogP contribution in [0.4, 0.5) is 0 Å². The fraction of sp³-hybridized carbons (Fsp3) is 1.00. The maximum atomic E-state index is 5.23. The molecule has 0 spiro atoms. The van der Waals surface area contributed by atoms with E-state index in [0.29, 0.717) is 0 Å². The molecule has 0 fully saturated rings. The Bertz CT molecular complexity index is 81.3. The van der Waals surface area contributed by atoms with Gasteiger partial charge in [-0.25, -0.2) is 0 Å². The molecule has 62 valence electrons. The minimum atomic E-state index is 0.217. The molecule has 0 radical (unpaired) electrons. The minimum Gasteiger partial charge on any atom is -0.382 e. The first kappa shape index (κ1) is 9.92. The first-order valence-corrected chi connectivity index (χ1v) is 3.89. The molecule has 0 bridgehead atoms. The molecule has 0 aromatic rings. The normalized spacial score (nSPS) is 12.0. The molecule has 1 N–H and O–H groups in total. The molecule has 0 aliphatic carbocycles. The van der Waals surface area contributed by atoms with Crippen molar-refractivity contribution >= 4 is 0 Å². The highest BCUT2D eigenvalue weighted by atomic mass is 16.5. The van der Waals surface area contributed by atoms with Crippen molar-refractivity contribution in [2.45, 2.75) is 32.7 Å². The van der Waals surface area contributed by atoms with Crippen molar-refractivity contribution in [2.75, 3.05) is 20.3 Å². The summed E-state index contributed by atoms with van der Waals surface area (Å²) in [6.45, 7) is 8.04. The summed E-state index contributed by atoms with van der Waals surface area (Å²) in [4.78, 5) is 0. The average molecular weight is 145 g/mol. The van der Waals surface area contributed by atoms with E-state index >= 15 is 0 Å². The maximum absolute atomic E-state index is 5.23. The van der Waals surface area contributed by atoms with E-state index < -0.39 is 0 Å². The van der Waals surface area contributed by atoms with Crippen LogP contribution < -0.4 is 5.32 Å². The lowest BCUT2D eigenvalue weighted by Crippen LogP contribution is -2.37. The molecule has 10 heavy (non-hydrogen) atoms. The third-order valence-electron chi connectivity index (χ3n) is 1.75. The number of ether oxygens (including phenoxy) is 1. The zero-order chi connectivity index (χ0) is 8.04. The van der Waals surface area contributed by atoms with Gasteiger partial charge in [-0.1, -0.05) is 0 Å². The Hall–Kier alpha value is -0.0800. The van der Waals surface area contributed by atoms with Gasteiger partial charge in [0.25, 0.3) is 0 Å². The molecule has 0 aliphatic heterocycles. The summed E-state index contributed by atoms with van der Waals surface area (Å²) in [7, 11) is 1.98. The predicted molar refractivity (Wildman–Crippen MR) is 44.2 cm³/mol. The summed E-state index contributed by atoms with van der Waals surface area (Å²) in [6, 6.07) is 0. The van der Waals surface area contributed by atoms with Crippen molar-refractivity contribution < 1.29 is 4.74 Å². The predicted octanol–water partition coefficient (Wildman–Crippen LogP) is 1.41. The molecule has 0 saturated heterocycles. The monoisotopic (exact) mass is 145 g/mol. The third kappa shape index (κ3) is 4.77. The van der Waals surface area contributed by atoms with Crippen LogP contribution in [0.25, 0.3) is 0 Å². The topological polar surface area (TPSA) is 21.3 Å². The largest absolute Gasteiger partial charge is 0.382 e. The van der Waals surface area contributed by atoms with Crippen molar-refractivity contribution in [3.63, 3.8) is 0 Å². The minimum absolute atomic E-state index is 0.217. The maximum Gasteiger partial charge on any atom is 0.0483 e. The number of hydrogen-bond donors (Lipinski definition) is 1. The van der Waals surface area contributed by atoms with E-state index in [1.54, 1.807) is 0 Å². The fourth-order valence-electron chi connectivity index (χ4n) is 0.597. The van der Waals surface area contributed by atoms with E-state index in [1.165, 1.54) is 0 Å². The highest BCUT2D eigenvalue weighted by Gasteiger charge is 2.12. The molecule has 0 rings (SSSR count). The Morgan fingerprint density at radius 1 is 1.40 bits per heavy atom. The van der Waals surface area contributed by atoms with E-state index in [0.717, 1.165) is 19.6 Å². The van der Waals surface area contributed by atoms with Crippen LogP contribution in [0.5, 0.6) is 0 Å². The van der Waals surface area contributed by atoms with Crippen LogP contribution in [-0.4, -0.2) is 25.8 Å². The van der Waals surface area contributed by atoms with Gasteiger partial charge in [0.05, 0.1) is 0 Å². The fourth-order valence-corrected chi connectivity index (χ4v) is 0.597. The average Bonchev–Trinajstić information content (AvgIpc) is 1.89. The second-order valence-corrected chi connectivity index (χ2v) is 3.08. The SMILES string of the molecule is CCOCCC(C)(C)NC. The molecule has 0 unspecified atom stereocenters. The van der Waals surface area contributed by atoms with Gasteiger partial charge in [-0.3, -0.25) is 0 Å². The van der Waals surface area contributed by atoms with Gasteiger partial charge in [-0.15, -0.1) is 0 Å². The summed E-state index contributed by atoms with van der Waals surface area (Å²) in [5, 5.41) is 3.22. The summed E-state index contributed by atoms with van der Waals surface area (Å²) in [5.41, 5.74) is 0.217. The van der Waals surface area contributed by atoms with Crippen molar-refractivity contribution in [3.05, 3.63) is 0 Å². The number of rotatable bonds is 5.